The third-order valence-electron chi connectivity index (χ3n) is 2.37. The monoisotopic (exact) mass is 252 g/mol. The lowest BCUT2D eigenvalue weighted by molar-refractivity contribution is 0.798. The van der Waals surface area contributed by atoms with Crippen molar-refractivity contribution in [2.75, 3.05) is 0 Å². The molecule has 0 radical (unpaired) electrons. The van der Waals surface area contributed by atoms with Crippen molar-refractivity contribution in [2.24, 2.45) is 0 Å². The summed E-state index contributed by atoms with van der Waals surface area (Å²) in [5.74, 6) is 0. The van der Waals surface area contributed by atoms with Gasteiger partial charge in [-0.25, -0.2) is 4.52 Å². The van der Waals surface area contributed by atoms with Crippen LogP contribution in [0.25, 0.3) is 5.52 Å². The Balaban J connectivity index is 2.45. The first-order chi connectivity index (χ1) is 6.83. The molecule has 2 heterocycles. The molecule has 2 nitrogen and oxygen atoms in total. The van der Waals surface area contributed by atoms with Crippen LogP contribution in [0.4, 0.5) is 0 Å². The van der Waals surface area contributed by atoms with Gasteiger partial charge in [0.1, 0.15) is 0 Å². The predicted molar refractivity (Wildman–Crippen MR) is 61.5 cm³/mol. The van der Waals surface area contributed by atoms with Crippen molar-refractivity contribution in [3.05, 3.63) is 34.6 Å². The fourth-order valence-electron chi connectivity index (χ4n) is 1.61. The molecule has 3 heteroatoms. The SMILES string of the molecule is CCCCc1cnn2cccc(Br)c12. The van der Waals surface area contributed by atoms with E-state index in [1.54, 1.807) is 0 Å². The molecule has 74 valence electrons. The third kappa shape index (κ3) is 1.69. The molecular weight excluding hydrogens is 240 g/mol. The van der Waals surface area contributed by atoms with Crippen LogP contribution in [0.5, 0.6) is 0 Å². The van der Waals surface area contributed by atoms with E-state index in [0.717, 1.165) is 10.9 Å². The summed E-state index contributed by atoms with van der Waals surface area (Å²) in [6.45, 7) is 2.21. The Morgan fingerprint density at radius 1 is 1.50 bits per heavy atom. The lowest BCUT2D eigenvalue weighted by Crippen LogP contribution is -1.88. The number of unbranched alkanes of at least 4 members (excludes halogenated alkanes) is 1. The summed E-state index contributed by atoms with van der Waals surface area (Å²) in [4.78, 5) is 0. The highest BCUT2D eigenvalue weighted by atomic mass is 79.9. The highest BCUT2D eigenvalue weighted by molar-refractivity contribution is 9.10. The third-order valence-corrected chi connectivity index (χ3v) is 3.01. The molecule has 0 atom stereocenters. The predicted octanol–water partition coefficient (Wildman–Crippen LogP) is 3.44. The quantitative estimate of drug-likeness (QED) is 0.819. The number of nitrogens with zero attached hydrogens (tertiary/aromatic N) is 2. The number of hydrogen-bond acceptors (Lipinski definition) is 1. The van der Waals surface area contributed by atoms with Crippen LogP contribution in [0, 0.1) is 0 Å². The zero-order valence-corrected chi connectivity index (χ0v) is 9.79. The van der Waals surface area contributed by atoms with Gasteiger partial charge in [-0.1, -0.05) is 13.3 Å². The summed E-state index contributed by atoms with van der Waals surface area (Å²) in [5.41, 5.74) is 2.54. The van der Waals surface area contributed by atoms with E-state index in [9.17, 15) is 0 Å². The number of pyridine rings is 1. The van der Waals surface area contributed by atoms with E-state index in [1.807, 2.05) is 23.0 Å². The molecule has 14 heavy (non-hydrogen) atoms. The first kappa shape index (κ1) is 9.71. The van der Waals surface area contributed by atoms with E-state index in [1.165, 1.54) is 23.9 Å². The number of halogens is 1. The smallest absolute Gasteiger partial charge is 0.0835 e. The fourth-order valence-corrected chi connectivity index (χ4v) is 2.20. The van der Waals surface area contributed by atoms with E-state index in [-0.39, 0.29) is 0 Å². The van der Waals surface area contributed by atoms with E-state index in [2.05, 4.69) is 34.0 Å². The van der Waals surface area contributed by atoms with Gasteiger partial charge in [-0.3, -0.25) is 0 Å². The maximum Gasteiger partial charge on any atom is 0.0835 e. The maximum atomic E-state index is 4.32. The molecular formula is C11H13BrN2. The van der Waals surface area contributed by atoms with Crippen molar-refractivity contribution >= 4 is 21.4 Å². The van der Waals surface area contributed by atoms with E-state index in [4.69, 9.17) is 0 Å². The van der Waals surface area contributed by atoms with E-state index in [0.29, 0.717) is 0 Å². The van der Waals surface area contributed by atoms with Crippen LogP contribution in [-0.2, 0) is 6.42 Å². The van der Waals surface area contributed by atoms with Gasteiger partial charge in [0.15, 0.2) is 0 Å². The molecule has 0 aliphatic carbocycles. The summed E-state index contributed by atoms with van der Waals surface area (Å²) in [6, 6.07) is 4.06. The number of aryl methyl sites for hydroxylation is 1. The molecule has 0 N–H and O–H groups in total. The largest absolute Gasteiger partial charge is 0.240 e. The molecule has 0 aliphatic rings. The average Bonchev–Trinajstić information content (AvgIpc) is 2.59. The minimum atomic E-state index is 1.11. The summed E-state index contributed by atoms with van der Waals surface area (Å²) in [6.07, 6.45) is 7.51. The zero-order valence-electron chi connectivity index (χ0n) is 8.20. The molecule has 0 amide bonds. The molecule has 2 aromatic rings. The molecule has 0 saturated carbocycles. The van der Waals surface area contributed by atoms with Crippen molar-refractivity contribution in [3.63, 3.8) is 0 Å². The highest BCUT2D eigenvalue weighted by Crippen LogP contribution is 2.22. The summed E-state index contributed by atoms with van der Waals surface area (Å²) in [5, 5.41) is 4.32. The Hall–Kier alpha value is -0.830. The molecule has 0 aromatic carbocycles. The molecule has 0 saturated heterocycles. The first-order valence-corrected chi connectivity index (χ1v) is 5.73. The molecule has 0 spiro atoms. The number of rotatable bonds is 3. The summed E-state index contributed by atoms with van der Waals surface area (Å²) in [7, 11) is 0. The Kier molecular flexibility index (Phi) is 2.87. The van der Waals surface area contributed by atoms with Crippen molar-refractivity contribution < 1.29 is 0 Å². The second-order valence-electron chi connectivity index (χ2n) is 3.42. The molecule has 0 bridgehead atoms. The zero-order chi connectivity index (χ0) is 9.97. The van der Waals surface area contributed by atoms with Gasteiger partial charge < -0.3 is 0 Å². The van der Waals surface area contributed by atoms with Crippen molar-refractivity contribution in [2.45, 2.75) is 26.2 Å². The molecule has 0 fully saturated rings. The number of hydrogen-bond donors (Lipinski definition) is 0. The van der Waals surface area contributed by atoms with Gasteiger partial charge in [0.05, 0.1) is 11.7 Å². The second-order valence-corrected chi connectivity index (χ2v) is 4.28. The van der Waals surface area contributed by atoms with Crippen LogP contribution >= 0.6 is 15.9 Å². The van der Waals surface area contributed by atoms with E-state index >= 15 is 0 Å². The fraction of sp³-hybridized carbons (Fsp3) is 0.364. The summed E-state index contributed by atoms with van der Waals surface area (Å²) >= 11 is 3.56. The Morgan fingerprint density at radius 3 is 3.14 bits per heavy atom. The van der Waals surface area contributed by atoms with Gasteiger partial charge in [-0.05, 0) is 46.5 Å². The van der Waals surface area contributed by atoms with Crippen molar-refractivity contribution in [3.8, 4) is 0 Å². The number of fused-ring (bicyclic) bond motifs is 1. The van der Waals surface area contributed by atoms with E-state index < -0.39 is 0 Å². The van der Waals surface area contributed by atoms with Crippen LogP contribution in [0.1, 0.15) is 25.3 Å². The molecule has 0 unspecified atom stereocenters. The topological polar surface area (TPSA) is 17.3 Å². The van der Waals surface area contributed by atoms with Crippen molar-refractivity contribution in [1.82, 2.24) is 9.61 Å². The average molecular weight is 253 g/mol. The maximum absolute atomic E-state index is 4.32. The van der Waals surface area contributed by atoms with Gasteiger partial charge in [0.2, 0.25) is 0 Å². The number of aromatic nitrogens is 2. The van der Waals surface area contributed by atoms with Gasteiger partial charge in [0, 0.05) is 10.7 Å². The van der Waals surface area contributed by atoms with Crippen LogP contribution in [0.2, 0.25) is 0 Å². The lowest BCUT2D eigenvalue weighted by Gasteiger charge is -1.99. The Labute approximate surface area is 92.1 Å². The Morgan fingerprint density at radius 2 is 2.36 bits per heavy atom. The van der Waals surface area contributed by atoms with Crippen LogP contribution < -0.4 is 0 Å². The normalized spacial score (nSPS) is 11.0. The minimum Gasteiger partial charge on any atom is -0.240 e. The first-order valence-electron chi connectivity index (χ1n) is 4.93. The Bertz CT molecular complexity index is 434. The van der Waals surface area contributed by atoms with Crippen LogP contribution in [-0.4, -0.2) is 9.61 Å². The second kappa shape index (κ2) is 4.13. The van der Waals surface area contributed by atoms with Gasteiger partial charge in [-0.2, -0.15) is 5.10 Å². The molecule has 0 aliphatic heterocycles. The molecule has 2 rings (SSSR count). The minimum absolute atomic E-state index is 1.11. The summed E-state index contributed by atoms with van der Waals surface area (Å²) < 4.78 is 3.05. The molecule has 2 aromatic heterocycles. The standard InChI is InChI=1S/C11H13BrN2/c1-2-3-5-9-8-13-14-7-4-6-10(12)11(9)14/h4,6-8H,2-3,5H2,1H3. The lowest BCUT2D eigenvalue weighted by atomic mass is 10.1. The van der Waals surface area contributed by atoms with Crippen molar-refractivity contribution in [1.29, 1.82) is 0 Å². The highest BCUT2D eigenvalue weighted by Gasteiger charge is 2.05. The van der Waals surface area contributed by atoms with Gasteiger partial charge >= 0.3 is 0 Å². The van der Waals surface area contributed by atoms with Gasteiger partial charge in [0.25, 0.3) is 0 Å². The van der Waals surface area contributed by atoms with Crippen LogP contribution in [0.15, 0.2) is 29.0 Å². The van der Waals surface area contributed by atoms with Crippen LogP contribution in [0.3, 0.4) is 0 Å². The van der Waals surface area contributed by atoms with Gasteiger partial charge in [-0.15, -0.1) is 0 Å².